The predicted octanol–water partition coefficient (Wildman–Crippen LogP) is 4.99. The van der Waals surface area contributed by atoms with E-state index in [-0.39, 0.29) is 5.76 Å². The van der Waals surface area contributed by atoms with Crippen LogP contribution >= 0.6 is 31.9 Å². The van der Waals surface area contributed by atoms with E-state index in [1.165, 1.54) is 0 Å². The molecule has 21 heavy (non-hydrogen) atoms. The summed E-state index contributed by atoms with van der Waals surface area (Å²) in [7, 11) is 2.13. The van der Waals surface area contributed by atoms with Crippen molar-refractivity contribution in [3.8, 4) is 0 Å². The minimum absolute atomic E-state index is 0.146. The van der Waals surface area contributed by atoms with Crippen LogP contribution in [-0.4, -0.2) is 18.4 Å². The monoisotopic (exact) mass is 339 g/mol. The van der Waals surface area contributed by atoms with Crippen molar-refractivity contribution >= 4 is 43.3 Å². The van der Waals surface area contributed by atoms with Gasteiger partial charge in [0, 0.05) is 29.4 Å². The van der Waals surface area contributed by atoms with Crippen LogP contribution in [0.1, 0.15) is 5.56 Å². The quantitative estimate of drug-likeness (QED) is 0.534. The maximum atomic E-state index is 10.6. The fourth-order valence-corrected chi connectivity index (χ4v) is 2.78. The smallest absolute Gasteiger partial charge is 0.132 e. The molecule has 1 aromatic rings. The number of hydrogen-bond acceptors (Lipinski definition) is 4. The van der Waals surface area contributed by atoms with Crippen LogP contribution in [-0.2, 0) is 0 Å². The Morgan fingerprint density at radius 3 is 2.90 bits per heavy atom. The van der Waals surface area contributed by atoms with Gasteiger partial charge in [-0.1, -0.05) is 11.6 Å². The van der Waals surface area contributed by atoms with Crippen molar-refractivity contribution in [3.63, 3.8) is 0 Å². The normalized spacial score (nSPS) is 16.4. The van der Waals surface area contributed by atoms with Crippen LogP contribution in [0.2, 0.25) is 5.02 Å². The van der Waals surface area contributed by atoms with Gasteiger partial charge in [-0.05, 0) is 36.6 Å². The molecular formula is C14H15ClN3OPS. The Bertz CT molecular complexity index is 658. The summed E-state index contributed by atoms with van der Waals surface area (Å²) in [4.78, 5) is 0. The summed E-state index contributed by atoms with van der Waals surface area (Å²) in [5.74, 6) is 0.146. The Balaban J connectivity index is 2.57. The second-order valence-corrected chi connectivity index (χ2v) is 6.36. The molecule has 0 saturated heterocycles. The largest absolute Gasteiger partial charge is 0.507 e. The van der Waals surface area contributed by atoms with Gasteiger partial charge in [0.15, 0.2) is 0 Å². The maximum absolute atomic E-state index is 10.6. The molecule has 1 aromatic carbocycles. The summed E-state index contributed by atoms with van der Waals surface area (Å²) in [6.45, 7) is 0. The zero-order valence-electron chi connectivity index (χ0n) is 11.6. The highest BCUT2D eigenvalue weighted by molar-refractivity contribution is 8.02. The van der Waals surface area contributed by atoms with Crippen LogP contribution in [0.25, 0.3) is 5.76 Å². The first-order valence-corrected chi connectivity index (χ1v) is 8.55. The highest BCUT2D eigenvalue weighted by Crippen LogP contribution is 2.34. The number of halogens is 1. The molecule has 0 atom stereocenters. The van der Waals surface area contributed by atoms with E-state index in [1.807, 2.05) is 12.3 Å². The van der Waals surface area contributed by atoms with Crippen molar-refractivity contribution in [1.82, 2.24) is 5.32 Å². The second kappa shape index (κ2) is 7.03. The number of anilines is 1. The molecule has 0 fully saturated rings. The number of dihydropyridines is 1. The standard InChI is InChI=1S/C14H15ClN3OPS/c1-18(20-16)12-4-3-10(15)8-11(12)14(19)9-5-6-17-13(7-9)21-2/h3-8,16-17,19H,1-2H3. The lowest BCUT2D eigenvalue weighted by Gasteiger charge is -2.18. The molecule has 0 unspecified atom stereocenters. The average Bonchev–Trinajstić information content (AvgIpc) is 2.53. The molecule has 0 saturated carbocycles. The first-order valence-electron chi connectivity index (χ1n) is 6.10. The summed E-state index contributed by atoms with van der Waals surface area (Å²) >= 11 is 7.62. The van der Waals surface area contributed by atoms with Crippen molar-refractivity contribution in [2.45, 2.75) is 0 Å². The SMILES string of the molecule is CSC1=CC(=C(O)c2cc(Cl)ccc2N(C)P=N)C=CN1. The zero-order chi connectivity index (χ0) is 15.4. The summed E-state index contributed by atoms with van der Waals surface area (Å²) in [6.07, 6.45) is 7.43. The van der Waals surface area contributed by atoms with Crippen LogP contribution in [0.3, 0.4) is 0 Å². The number of aliphatic hydroxyl groups excluding tert-OH is 1. The predicted molar refractivity (Wildman–Crippen MR) is 92.9 cm³/mol. The lowest BCUT2D eigenvalue weighted by Crippen LogP contribution is -2.08. The van der Waals surface area contributed by atoms with Crippen LogP contribution in [0.15, 0.2) is 47.2 Å². The van der Waals surface area contributed by atoms with Gasteiger partial charge in [-0.25, -0.2) is 0 Å². The van der Waals surface area contributed by atoms with Gasteiger partial charge in [0.25, 0.3) is 0 Å². The Kier molecular flexibility index (Phi) is 5.34. The molecule has 1 aliphatic rings. The van der Waals surface area contributed by atoms with Crippen molar-refractivity contribution in [2.24, 2.45) is 0 Å². The van der Waals surface area contributed by atoms with Crippen molar-refractivity contribution in [3.05, 3.63) is 57.7 Å². The Morgan fingerprint density at radius 1 is 1.48 bits per heavy atom. The van der Waals surface area contributed by atoms with E-state index in [1.54, 1.807) is 54.0 Å². The summed E-state index contributed by atoms with van der Waals surface area (Å²) in [6, 6.07) is 5.27. The highest BCUT2D eigenvalue weighted by Gasteiger charge is 2.15. The Morgan fingerprint density at radius 2 is 2.24 bits per heavy atom. The molecule has 0 aromatic heterocycles. The summed E-state index contributed by atoms with van der Waals surface area (Å²) < 4.78 is 1.71. The van der Waals surface area contributed by atoms with Gasteiger partial charge >= 0.3 is 0 Å². The van der Waals surface area contributed by atoms with Gasteiger partial charge in [0.1, 0.15) is 14.3 Å². The highest BCUT2D eigenvalue weighted by atomic mass is 35.5. The topological polar surface area (TPSA) is 59.4 Å². The third-order valence-electron chi connectivity index (χ3n) is 2.98. The third-order valence-corrected chi connectivity index (χ3v) is 4.41. The van der Waals surface area contributed by atoms with Gasteiger partial charge in [-0.15, -0.1) is 11.8 Å². The molecule has 0 bridgehead atoms. The van der Waals surface area contributed by atoms with Gasteiger partial charge < -0.3 is 15.1 Å². The average molecular weight is 340 g/mol. The van der Waals surface area contributed by atoms with Crippen LogP contribution in [0.4, 0.5) is 5.69 Å². The number of aliphatic hydroxyl groups is 1. The number of nitrogens with one attached hydrogen (secondary N) is 2. The van der Waals surface area contributed by atoms with E-state index in [2.05, 4.69) is 5.32 Å². The van der Waals surface area contributed by atoms with Crippen molar-refractivity contribution in [2.75, 3.05) is 18.0 Å². The van der Waals surface area contributed by atoms with Gasteiger partial charge in [-0.2, -0.15) is 0 Å². The number of nitrogens with zero attached hydrogens (tertiary/aromatic N) is 1. The minimum Gasteiger partial charge on any atom is -0.507 e. The third kappa shape index (κ3) is 3.62. The van der Waals surface area contributed by atoms with Crippen LogP contribution in [0, 0.1) is 5.16 Å². The van der Waals surface area contributed by atoms with E-state index in [9.17, 15) is 5.11 Å². The molecule has 4 nitrogen and oxygen atoms in total. The summed E-state index contributed by atoms with van der Waals surface area (Å²) in [5, 5.41) is 22.7. The molecule has 1 heterocycles. The van der Waals surface area contributed by atoms with E-state index >= 15 is 0 Å². The van der Waals surface area contributed by atoms with Crippen LogP contribution < -0.4 is 9.99 Å². The van der Waals surface area contributed by atoms with Gasteiger partial charge in [-0.3, -0.25) is 5.16 Å². The van der Waals surface area contributed by atoms with Gasteiger partial charge in [0.2, 0.25) is 0 Å². The van der Waals surface area contributed by atoms with E-state index < -0.39 is 0 Å². The Hall–Kier alpha value is -1.42. The molecule has 0 radical (unpaired) electrons. The fourth-order valence-electron chi connectivity index (χ4n) is 1.90. The molecule has 0 spiro atoms. The van der Waals surface area contributed by atoms with Crippen LogP contribution in [0.5, 0.6) is 0 Å². The van der Waals surface area contributed by atoms with Crippen molar-refractivity contribution < 1.29 is 5.11 Å². The lowest BCUT2D eigenvalue weighted by molar-refractivity contribution is 0.509. The first kappa shape index (κ1) is 16.0. The number of hydrogen-bond donors (Lipinski definition) is 3. The fraction of sp³-hybridized carbons (Fsp3) is 0.143. The molecule has 0 amide bonds. The minimum atomic E-state index is 0.146. The Labute approximate surface area is 134 Å². The maximum Gasteiger partial charge on any atom is 0.132 e. The number of rotatable bonds is 4. The van der Waals surface area contributed by atoms with E-state index in [0.717, 1.165) is 10.7 Å². The molecule has 2 rings (SSSR count). The second-order valence-electron chi connectivity index (χ2n) is 4.28. The molecule has 3 N–H and O–H groups in total. The zero-order valence-corrected chi connectivity index (χ0v) is 14.1. The molecule has 7 heteroatoms. The number of allylic oxidation sites excluding steroid dienone is 3. The number of thioether (sulfide) groups is 1. The summed E-state index contributed by atoms with van der Waals surface area (Å²) in [5.41, 5.74) is 2.08. The van der Waals surface area contributed by atoms with E-state index in [0.29, 0.717) is 24.7 Å². The van der Waals surface area contributed by atoms with Gasteiger partial charge in [0.05, 0.1) is 10.7 Å². The first-order chi connectivity index (χ1) is 10.1. The molecule has 1 aliphatic heterocycles. The molecule has 0 aliphatic carbocycles. The van der Waals surface area contributed by atoms with E-state index in [4.69, 9.17) is 16.8 Å². The molecule has 110 valence electrons. The molecular weight excluding hydrogens is 325 g/mol. The number of benzene rings is 1. The lowest BCUT2D eigenvalue weighted by atomic mass is 10.1. The van der Waals surface area contributed by atoms with Crippen molar-refractivity contribution in [1.29, 1.82) is 5.16 Å².